The molecule has 3 aromatic carbocycles. The first-order chi connectivity index (χ1) is 17.1. The summed E-state index contributed by atoms with van der Waals surface area (Å²) in [6.45, 7) is 0.414. The summed E-state index contributed by atoms with van der Waals surface area (Å²) in [5, 5.41) is 4.90. The largest absolute Gasteiger partial charge is 0.349 e. The maximum atomic E-state index is 13.6. The van der Waals surface area contributed by atoms with E-state index in [1.165, 1.54) is 11.8 Å². The van der Waals surface area contributed by atoms with Crippen molar-refractivity contribution >= 4 is 40.2 Å². The highest BCUT2D eigenvalue weighted by Crippen LogP contribution is 2.27. The normalized spacial score (nSPS) is 13.9. The summed E-state index contributed by atoms with van der Waals surface area (Å²) in [5.74, 6) is 0.466. The van der Waals surface area contributed by atoms with Gasteiger partial charge in [-0.2, -0.15) is 0 Å². The van der Waals surface area contributed by atoms with Crippen molar-refractivity contribution in [2.45, 2.75) is 49.2 Å². The average molecular weight is 504 g/mol. The summed E-state index contributed by atoms with van der Waals surface area (Å²) in [7, 11) is 0. The van der Waals surface area contributed by atoms with Gasteiger partial charge in [0.05, 0.1) is 17.4 Å². The monoisotopic (exact) mass is 503 g/mol. The maximum absolute atomic E-state index is 13.6. The molecule has 1 amide bonds. The first-order valence-corrected chi connectivity index (χ1v) is 13.2. The molecular weight excluding hydrogens is 478 g/mol. The molecule has 0 atom stereocenters. The van der Waals surface area contributed by atoms with E-state index >= 15 is 0 Å². The number of nitrogens with zero attached hydrogens (tertiary/aromatic N) is 2. The van der Waals surface area contributed by atoms with Crippen LogP contribution in [-0.4, -0.2) is 21.5 Å². The number of benzene rings is 3. The third-order valence-electron chi connectivity index (χ3n) is 6.37. The molecule has 0 unspecified atom stereocenters. The highest BCUT2D eigenvalue weighted by molar-refractivity contribution is 7.98. The van der Waals surface area contributed by atoms with Crippen LogP contribution in [0.2, 0.25) is 5.02 Å². The van der Waals surface area contributed by atoms with E-state index in [1.807, 2.05) is 54.6 Å². The molecule has 1 heterocycles. The van der Waals surface area contributed by atoms with Gasteiger partial charge in [-0.1, -0.05) is 84.7 Å². The molecule has 0 radical (unpaired) electrons. The van der Waals surface area contributed by atoms with E-state index < -0.39 is 0 Å². The summed E-state index contributed by atoms with van der Waals surface area (Å²) in [6, 6.07) is 22.9. The zero-order valence-electron chi connectivity index (χ0n) is 19.2. The summed E-state index contributed by atoms with van der Waals surface area (Å²) in [6.07, 6.45) is 4.34. The molecule has 5 rings (SSSR count). The van der Waals surface area contributed by atoms with Gasteiger partial charge in [0.15, 0.2) is 5.16 Å². The zero-order chi connectivity index (χ0) is 24.2. The number of fused-ring (bicyclic) bond motifs is 1. The van der Waals surface area contributed by atoms with Gasteiger partial charge >= 0.3 is 0 Å². The van der Waals surface area contributed by atoms with E-state index in [1.54, 1.807) is 22.8 Å². The van der Waals surface area contributed by atoms with E-state index in [2.05, 4.69) is 5.32 Å². The molecular formula is C28H26ClN3O2S. The minimum absolute atomic E-state index is 0.112. The van der Waals surface area contributed by atoms with Gasteiger partial charge in [0.1, 0.15) is 0 Å². The topological polar surface area (TPSA) is 64.0 Å². The second-order valence-corrected chi connectivity index (χ2v) is 10.2. The van der Waals surface area contributed by atoms with Crippen LogP contribution in [0.15, 0.2) is 82.7 Å². The van der Waals surface area contributed by atoms with Gasteiger partial charge in [0, 0.05) is 22.4 Å². The molecule has 0 spiro atoms. The third kappa shape index (κ3) is 5.44. The number of hydrogen-bond donors (Lipinski definition) is 1. The molecule has 0 saturated heterocycles. The predicted molar refractivity (Wildman–Crippen MR) is 142 cm³/mol. The molecule has 1 aliphatic rings. The Balaban J connectivity index is 1.51. The molecule has 1 aliphatic carbocycles. The number of amides is 1. The standard InChI is InChI=1S/C28H26ClN3O2S/c29-24-13-7-4-10-21(24)18-35-28-31-25-16-20(26(33)30-22-11-5-6-12-22)14-15-23(25)27(34)32(28)17-19-8-2-1-3-9-19/h1-4,7-10,13-16,22H,5-6,11-12,17-18H2,(H,30,33). The highest BCUT2D eigenvalue weighted by atomic mass is 35.5. The number of carbonyl (C=O) groups excluding carboxylic acids is 1. The second kappa shape index (κ2) is 10.7. The van der Waals surface area contributed by atoms with Crippen molar-refractivity contribution in [3.63, 3.8) is 0 Å². The van der Waals surface area contributed by atoms with Crippen LogP contribution in [-0.2, 0) is 12.3 Å². The quantitative estimate of drug-likeness (QED) is 0.246. The summed E-state index contributed by atoms with van der Waals surface area (Å²) >= 11 is 7.83. The number of hydrogen-bond acceptors (Lipinski definition) is 4. The smallest absolute Gasteiger partial charge is 0.262 e. The van der Waals surface area contributed by atoms with Crippen molar-refractivity contribution < 1.29 is 4.79 Å². The second-order valence-electron chi connectivity index (χ2n) is 8.84. The van der Waals surface area contributed by atoms with Gasteiger partial charge in [0.2, 0.25) is 0 Å². The molecule has 0 aliphatic heterocycles. The molecule has 5 nitrogen and oxygen atoms in total. The van der Waals surface area contributed by atoms with Crippen molar-refractivity contribution in [2.75, 3.05) is 0 Å². The predicted octanol–water partition coefficient (Wildman–Crippen LogP) is 6.06. The van der Waals surface area contributed by atoms with Crippen molar-refractivity contribution in [3.05, 3.63) is 105 Å². The van der Waals surface area contributed by atoms with Crippen molar-refractivity contribution in [1.29, 1.82) is 0 Å². The molecule has 0 bridgehead atoms. The lowest BCUT2D eigenvalue weighted by molar-refractivity contribution is 0.0938. The molecule has 178 valence electrons. The van der Waals surface area contributed by atoms with E-state index in [0.29, 0.717) is 38.9 Å². The summed E-state index contributed by atoms with van der Waals surface area (Å²) < 4.78 is 1.71. The Morgan fingerprint density at radius 2 is 1.77 bits per heavy atom. The van der Waals surface area contributed by atoms with Crippen LogP contribution in [0.3, 0.4) is 0 Å². The minimum Gasteiger partial charge on any atom is -0.349 e. The van der Waals surface area contributed by atoms with Gasteiger partial charge < -0.3 is 5.32 Å². The number of nitrogens with one attached hydrogen (secondary N) is 1. The maximum Gasteiger partial charge on any atom is 0.262 e. The molecule has 1 N–H and O–H groups in total. The number of rotatable bonds is 7. The molecule has 4 aromatic rings. The average Bonchev–Trinajstić information content (AvgIpc) is 3.39. The molecule has 7 heteroatoms. The third-order valence-corrected chi connectivity index (χ3v) is 7.76. The van der Waals surface area contributed by atoms with Gasteiger partial charge in [0.25, 0.3) is 11.5 Å². The lowest BCUT2D eigenvalue weighted by atomic mass is 10.1. The molecule has 1 fully saturated rings. The lowest BCUT2D eigenvalue weighted by Gasteiger charge is -2.15. The summed E-state index contributed by atoms with van der Waals surface area (Å²) in [5.41, 5.74) is 2.93. The number of aromatic nitrogens is 2. The lowest BCUT2D eigenvalue weighted by Crippen LogP contribution is -2.32. The molecule has 1 saturated carbocycles. The van der Waals surface area contributed by atoms with Gasteiger partial charge in [-0.25, -0.2) is 4.98 Å². The van der Waals surface area contributed by atoms with E-state index in [0.717, 1.165) is 36.8 Å². The first-order valence-electron chi connectivity index (χ1n) is 11.8. The van der Waals surface area contributed by atoms with Crippen LogP contribution in [0.4, 0.5) is 0 Å². The number of halogens is 1. The fourth-order valence-electron chi connectivity index (χ4n) is 4.45. The Hall–Kier alpha value is -3.09. The Bertz CT molecular complexity index is 1420. The Labute approximate surface area is 213 Å². The SMILES string of the molecule is O=C(NC1CCCC1)c1ccc2c(=O)n(Cc3ccccc3)c(SCc3ccccc3Cl)nc2c1. The fraction of sp³-hybridized carbons (Fsp3) is 0.250. The van der Waals surface area contributed by atoms with Crippen LogP contribution < -0.4 is 10.9 Å². The summed E-state index contributed by atoms with van der Waals surface area (Å²) in [4.78, 5) is 31.3. The van der Waals surface area contributed by atoms with Crippen LogP contribution >= 0.6 is 23.4 Å². The minimum atomic E-state index is -0.122. The van der Waals surface area contributed by atoms with Gasteiger partial charge in [-0.3, -0.25) is 14.2 Å². The Morgan fingerprint density at radius 3 is 2.54 bits per heavy atom. The van der Waals surface area contributed by atoms with Crippen molar-refractivity contribution in [3.8, 4) is 0 Å². The van der Waals surface area contributed by atoms with Gasteiger partial charge in [-0.05, 0) is 48.2 Å². The van der Waals surface area contributed by atoms with E-state index in [-0.39, 0.29) is 17.5 Å². The van der Waals surface area contributed by atoms with Crippen LogP contribution in [0, 0.1) is 0 Å². The van der Waals surface area contributed by atoms with Crippen LogP contribution in [0.25, 0.3) is 10.9 Å². The Morgan fingerprint density at radius 1 is 1.03 bits per heavy atom. The van der Waals surface area contributed by atoms with Crippen molar-refractivity contribution in [1.82, 2.24) is 14.9 Å². The highest BCUT2D eigenvalue weighted by Gasteiger charge is 2.19. The molecule has 35 heavy (non-hydrogen) atoms. The fourth-order valence-corrected chi connectivity index (χ4v) is 5.74. The number of thioether (sulfide) groups is 1. The number of carbonyl (C=O) groups is 1. The Kier molecular flexibility index (Phi) is 7.21. The van der Waals surface area contributed by atoms with E-state index in [4.69, 9.17) is 16.6 Å². The molecule has 1 aromatic heterocycles. The van der Waals surface area contributed by atoms with E-state index in [9.17, 15) is 9.59 Å². The first kappa shape index (κ1) is 23.6. The zero-order valence-corrected chi connectivity index (χ0v) is 20.8. The van der Waals surface area contributed by atoms with Crippen LogP contribution in [0.5, 0.6) is 0 Å². The van der Waals surface area contributed by atoms with Gasteiger partial charge in [-0.15, -0.1) is 0 Å². The van der Waals surface area contributed by atoms with Crippen LogP contribution in [0.1, 0.15) is 47.2 Å². The van der Waals surface area contributed by atoms with Crippen molar-refractivity contribution in [2.24, 2.45) is 0 Å².